The zero-order valence-corrected chi connectivity index (χ0v) is 10.8. The van der Waals surface area contributed by atoms with Gasteiger partial charge >= 0.3 is 0 Å². The van der Waals surface area contributed by atoms with Crippen LogP contribution in [0.5, 0.6) is 0 Å². The monoisotopic (exact) mass is 244 g/mol. The average Bonchev–Trinajstić information content (AvgIpc) is 2.84. The molecule has 1 aliphatic rings. The molecular formula is C14H20N4. The van der Waals surface area contributed by atoms with Crippen LogP contribution in [0.25, 0.3) is 5.65 Å². The van der Waals surface area contributed by atoms with E-state index in [-0.39, 0.29) is 0 Å². The lowest BCUT2D eigenvalue weighted by Crippen LogP contribution is -2.33. The zero-order valence-electron chi connectivity index (χ0n) is 10.8. The summed E-state index contributed by atoms with van der Waals surface area (Å²) in [6, 6.07) is 6.35. The summed E-state index contributed by atoms with van der Waals surface area (Å²) >= 11 is 0. The van der Waals surface area contributed by atoms with E-state index in [1.54, 1.807) is 0 Å². The van der Waals surface area contributed by atoms with E-state index in [0.29, 0.717) is 6.04 Å². The number of hydrogen-bond donors (Lipinski definition) is 1. The third-order valence-corrected chi connectivity index (χ3v) is 3.90. The van der Waals surface area contributed by atoms with E-state index in [4.69, 9.17) is 10.7 Å². The first-order valence-corrected chi connectivity index (χ1v) is 6.77. The molecule has 0 spiro atoms. The maximum atomic E-state index is 5.98. The minimum absolute atomic E-state index is 0.461. The first-order chi connectivity index (χ1) is 8.79. The van der Waals surface area contributed by atoms with Crippen molar-refractivity contribution in [3.05, 3.63) is 30.1 Å². The minimum Gasteiger partial charge on any atom is -0.385 e. The molecule has 1 fully saturated rings. The number of nitrogens with zero attached hydrogens (tertiary/aromatic N) is 3. The second-order valence-corrected chi connectivity index (χ2v) is 4.98. The summed E-state index contributed by atoms with van der Waals surface area (Å²) < 4.78 is 1.98. The fourth-order valence-electron chi connectivity index (χ4n) is 2.92. The molecular weight excluding hydrogens is 224 g/mol. The maximum Gasteiger partial charge on any atom is 0.138 e. The van der Waals surface area contributed by atoms with Crippen LogP contribution in [0.4, 0.5) is 5.82 Å². The van der Waals surface area contributed by atoms with Gasteiger partial charge in [-0.3, -0.25) is 9.30 Å². The summed E-state index contributed by atoms with van der Waals surface area (Å²) in [6.07, 6.45) is 5.91. The highest BCUT2D eigenvalue weighted by atomic mass is 15.2. The Kier molecular flexibility index (Phi) is 2.96. The number of aromatic nitrogens is 2. The van der Waals surface area contributed by atoms with Gasteiger partial charge in [-0.15, -0.1) is 0 Å². The molecule has 2 aromatic rings. The van der Waals surface area contributed by atoms with Gasteiger partial charge < -0.3 is 5.73 Å². The van der Waals surface area contributed by atoms with Crippen LogP contribution < -0.4 is 5.73 Å². The highest BCUT2D eigenvalue weighted by Gasteiger charge is 2.24. The molecule has 0 bridgehead atoms. The van der Waals surface area contributed by atoms with Crippen molar-refractivity contribution < 1.29 is 0 Å². The highest BCUT2D eigenvalue weighted by molar-refractivity contribution is 5.49. The lowest BCUT2D eigenvalue weighted by Gasteiger charge is -2.33. The molecule has 2 N–H and O–H groups in total. The van der Waals surface area contributed by atoms with Crippen molar-refractivity contribution in [2.75, 3.05) is 18.8 Å². The van der Waals surface area contributed by atoms with E-state index in [2.05, 4.69) is 18.0 Å². The number of nitrogens with two attached hydrogens (primary N) is 1. The van der Waals surface area contributed by atoms with Crippen LogP contribution >= 0.6 is 0 Å². The van der Waals surface area contributed by atoms with Crippen molar-refractivity contribution in [2.45, 2.75) is 32.2 Å². The van der Waals surface area contributed by atoms with Crippen LogP contribution in [0.15, 0.2) is 24.4 Å². The molecule has 1 saturated heterocycles. The molecule has 1 atom stereocenters. The van der Waals surface area contributed by atoms with Gasteiger partial charge in [-0.05, 0) is 38.1 Å². The molecule has 0 radical (unpaired) electrons. The molecule has 3 heterocycles. The van der Waals surface area contributed by atoms with Crippen molar-refractivity contribution >= 4 is 11.5 Å². The highest BCUT2D eigenvalue weighted by Crippen LogP contribution is 2.30. The number of piperidine rings is 1. The van der Waals surface area contributed by atoms with Gasteiger partial charge in [0.05, 0.1) is 11.7 Å². The van der Waals surface area contributed by atoms with Crippen LogP contribution in [0.2, 0.25) is 0 Å². The summed E-state index contributed by atoms with van der Waals surface area (Å²) in [6.45, 7) is 4.50. The van der Waals surface area contributed by atoms with Crippen molar-refractivity contribution in [3.63, 3.8) is 0 Å². The summed E-state index contributed by atoms with van der Waals surface area (Å²) in [5.74, 6) is 0.755. The van der Waals surface area contributed by atoms with E-state index in [1.165, 1.54) is 25.8 Å². The summed E-state index contributed by atoms with van der Waals surface area (Å²) in [4.78, 5) is 7.25. The average molecular weight is 244 g/mol. The predicted octanol–water partition coefficient (Wildman–Crippen LogP) is 2.46. The minimum atomic E-state index is 0.461. The van der Waals surface area contributed by atoms with Gasteiger partial charge in [-0.1, -0.05) is 19.4 Å². The number of hydrogen-bond acceptors (Lipinski definition) is 3. The number of imidazole rings is 1. The molecule has 0 aliphatic carbocycles. The molecule has 0 amide bonds. The molecule has 4 nitrogen and oxygen atoms in total. The van der Waals surface area contributed by atoms with Gasteiger partial charge in [0.2, 0.25) is 0 Å². The third-order valence-electron chi connectivity index (χ3n) is 3.90. The van der Waals surface area contributed by atoms with E-state index < -0.39 is 0 Å². The molecule has 2 aromatic heterocycles. The Morgan fingerprint density at radius 3 is 3.06 bits per heavy atom. The topological polar surface area (TPSA) is 46.6 Å². The molecule has 0 aromatic carbocycles. The number of anilines is 1. The van der Waals surface area contributed by atoms with Gasteiger partial charge in [0.25, 0.3) is 0 Å². The SMILES string of the molecule is CCN1CCCCC1c1cn2c(N)cccc2n1. The Morgan fingerprint density at radius 1 is 1.39 bits per heavy atom. The largest absolute Gasteiger partial charge is 0.385 e. The zero-order chi connectivity index (χ0) is 12.5. The van der Waals surface area contributed by atoms with Crippen LogP contribution in [0, 0.1) is 0 Å². The van der Waals surface area contributed by atoms with Crippen molar-refractivity contribution in [1.82, 2.24) is 14.3 Å². The van der Waals surface area contributed by atoms with Gasteiger partial charge in [-0.25, -0.2) is 4.98 Å². The van der Waals surface area contributed by atoms with Crippen LogP contribution in [-0.4, -0.2) is 27.4 Å². The van der Waals surface area contributed by atoms with Gasteiger partial charge in [0.15, 0.2) is 0 Å². The summed E-state index contributed by atoms with van der Waals surface area (Å²) in [7, 11) is 0. The van der Waals surface area contributed by atoms with Crippen molar-refractivity contribution in [2.24, 2.45) is 0 Å². The van der Waals surface area contributed by atoms with Crippen molar-refractivity contribution in [1.29, 1.82) is 0 Å². The second-order valence-electron chi connectivity index (χ2n) is 4.98. The number of fused-ring (bicyclic) bond motifs is 1. The molecule has 3 rings (SSSR count). The molecule has 1 aliphatic heterocycles. The van der Waals surface area contributed by atoms with Crippen LogP contribution in [0.3, 0.4) is 0 Å². The molecule has 18 heavy (non-hydrogen) atoms. The van der Waals surface area contributed by atoms with E-state index in [0.717, 1.165) is 23.7 Å². The van der Waals surface area contributed by atoms with E-state index >= 15 is 0 Å². The van der Waals surface area contributed by atoms with Gasteiger partial charge in [-0.2, -0.15) is 0 Å². The Bertz CT molecular complexity index is 546. The fraction of sp³-hybridized carbons (Fsp3) is 0.500. The van der Waals surface area contributed by atoms with E-state index in [9.17, 15) is 0 Å². The molecule has 1 unspecified atom stereocenters. The normalized spacial score (nSPS) is 21.5. The number of likely N-dealkylation sites (tertiary alicyclic amines) is 1. The first kappa shape index (κ1) is 11.5. The van der Waals surface area contributed by atoms with Crippen molar-refractivity contribution in [3.8, 4) is 0 Å². The Labute approximate surface area is 107 Å². The molecule has 0 saturated carbocycles. The first-order valence-electron chi connectivity index (χ1n) is 6.77. The quantitative estimate of drug-likeness (QED) is 0.882. The smallest absolute Gasteiger partial charge is 0.138 e. The summed E-state index contributed by atoms with van der Waals surface area (Å²) in [5, 5.41) is 0. The van der Waals surface area contributed by atoms with E-state index in [1.807, 2.05) is 22.6 Å². The molecule has 96 valence electrons. The lowest BCUT2D eigenvalue weighted by molar-refractivity contribution is 0.154. The van der Waals surface area contributed by atoms with Crippen LogP contribution in [0.1, 0.15) is 37.9 Å². The van der Waals surface area contributed by atoms with Gasteiger partial charge in [0, 0.05) is 6.20 Å². The standard InChI is InChI=1S/C14H20N4/c1-2-17-9-4-3-6-12(17)11-10-18-13(15)7-5-8-14(18)16-11/h5,7-8,10,12H,2-4,6,9,15H2,1H3. The fourth-order valence-corrected chi connectivity index (χ4v) is 2.92. The summed E-state index contributed by atoms with van der Waals surface area (Å²) in [5.41, 5.74) is 8.09. The lowest BCUT2D eigenvalue weighted by atomic mass is 10.00. The van der Waals surface area contributed by atoms with Gasteiger partial charge in [0.1, 0.15) is 11.5 Å². The Morgan fingerprint density at radius 2 is 2.28 bits per heavy atom. The molecule has 4 heteroatoms. The third kappa shape index (κ3) is 1.86. The number of rotatable bonds is 2. The Balaban J connectivity index is 2.00. The number of nitrogen functional groups attached to an aromatic ring is 1. The predicted molar refractivity (Wildman–Crippen MR) is 73.4 cm³/mol. The maximum absolute atomic E-state index is 5.98. The Hall–Kier alpha value is -1.55. The second kappa shape index (κ2) is 4.61. The van der Waals surface area contributed by atoms with Crippen LogP contribution in [-0.2, 0) is 0 Å². The number of pyridine rings is 1.